The molecule has 0 radical (unpaired) electrons. The Bertz CT molecular complexity index is 677. The zero-order chi connectivity index (χ0) is 14.0. The molecule has 0 aliphatic carbocycles. The van der Waals surface area contributed by atoms with Crippen LogP contribution in [-0.2, 0) is 0 Å². The number of benzene rings is 2. The van der Waals surface area contributed by atoms with Crippen LogP contribution in [-0.4, -0.2) is 0 Å². The second-order valence-electron chi connectivity index (χ2n) is 3.68. The topological polar surface area (TPSA) is 35.8 Å². The fraction of sp³-hybridized carbons (Fsp3) is 0. The van der Waals surface area contributed by atoms with E-state index >= 15 is 0 Å². The smallest absolute Gasteiger partial charge is 0.182 e. The van der Waals surface area contributed by atoms with Crippen LogP contribution in [0.5, 0.6) is 0 Å². The van der Waals surface area contributed by atoms with Crippen LogP contribution in [0.3, 0.4) is 0 Å². The molecule has 0 aliphatic rings. The monoisotopic (exact) mass is 266 g/mol. The van der Waals surface area contributed by atoms with Gasteiger partial charge in [0.25, 0.3) is 0 Å². The Morgan fingerprint density at radius 3 is 2.26 bits per heavy atom. The van der Waals surface area contributed by atoms with Gasteiger partial charge in [-0.05, 0) is 18.2 Å². The third kappa shape index (κ3) is 2.65. The molecule has 0 saturated heterocycles. The maximum absolute atomic E-state index is 13.5. The van der Waals surface area contributed by atoms with Gasteiger partial charge in [-0.15, -0.1) is 0 Å². The highest BCUT2D eigenvalue weighted by atomic mass is 19.2. The first-order valence-electron chi connectivity index (χ1n) is 5.12. The van der Waals surface area contributed by atoms with Crippen molar-refractivity contribution in [3.8, 4) is 6.07 Å². The summed E-state index contributed by atoms with van der Waals surface area (Å²) in [5.41, 5.74) is -0.641. The van der Waals surface area contributed by atoms with E-state index in [1.54, 1.807) is 6.07 Å². The van der Waals surface area contributed by atoms with Gasteiger partial charge in [-0.2, -0.15) is 5.26 Å². The van der Waals surface area contributed by atoms with Gasteiger partial charge in [0.2, 0.25) is 0 Å². The van der Waals surface area contributed by atoms with E-state index in [1.807, 2.05) is 0 Å². The fourth-order valence-corrected chi connectivity index (χ4v) is 1.48. The molecule has 0 bridgehead atoms. The van der Waals surface area contributed by atoms with Gasteiger partial charge in [-0.1, -0.05) is 0 Å². The van der Waals surface area contributed by atoms with Crippen LogP contribution >= 0.6 is 0 Å². The summed E-state index contributed by atoms with van der Waals surface area (Å²) in [5, 5.41) is 10.8. The molecular formula is C13H6F4N2. The molecule has 0 atom stereocenters. The van der Waals surface area contributed by atoms with Crippen LogP contribution in [0.1, 0.15) is 5.56 Å². The van der Waals surface area contributed by atoms with Crippen LogP contribution in [0.15, 0.2) is 30.3 Å². The molecule has 0 unspecified atom stereocenters. The number of hydrogen-bond acceptors (Lipinski definition) is 2. The predicted molar refractivity (Wildman–Crippen MR) is 60.7 cm³/mol. The number of anilines is 2. The highest BCUT2D eigenvalue weighted by Gasteiger charge is 2.13. The Morgan fingerprint density at radius 1 is 0.895 bits per heavy atom. The number of nitrogens with zero attached hydrogens (tertiary/aromatic N) is 1. The van der Waals surface area contributed by atoms with Gasteiger partial charge in [0, 0.05) is 12.1 Å². The fourth-order valence-electron chi connectivity index (χ4n) is 1.48. The zero-order valence-electron chi connectivity index (χ0n) is 9.35. The Morgan fingerprint density at radius 2 is 1.63 bits per heavy atom. The first kappa shape index (κ1) is 12.9. The van der Waals surface area contributed by atoms with Crippen LogP contribution in [0.2, 0.25) is 0 Å². The molecule has 6 heteroatoms. The lowest BCUT2D eigenvalue weighted by atomic mass is 10.2. The standard InChI is InChI=1S/C13H6F4N2/c14-8-4-10(16)13(17)12(5-8)19-11-2-1-7(6-18)3-9(11)15/h1-5,19H. The maximum Gasteiger partial charge on any atom is 0.182 e. The van der Waals surface area contributed by atoms with E-state index in [4.69, 9.17) is 5.26 Å². The van der Waals surface area contributed by atoms with Crippen LogP contribution in [0.25, 0.3) is 0 Å². The van der Waals surface area contributed by atoms with Gasteiger partial charge < -0.3 is 5.32 Å². The van der Waals surface area contributed by atoms with Crippen molar-refractivity contribution in [2.75, 3.05) is 5.32 Å². The number of rotatable bonds is 2. The summed E-state index contributed by atoms with van der Waals surface area (Å²) < 4.78 is 52.8. The normalized spacial score (nSPS) is 10.1. The van der Waals surface area contributed by atoms with E-state index < -0.39 is 29.0 Å². The SMILES string of the molecule is N#Cc1ccc(Nc2cc(F)cc(F)c2F)c(F)c1. The molecule has 2 nitrogen and oxygen atoms in total. The van der Waals surface area contributed by atoms with E-state index in [0.29, 0.717) is 12.1 Å². The summed E-state index contributed by atoms with van der Waals surface area (Å²) in [6.07, 6.45) is 0. The highest BCUT2D eigenvalue weighted by Crippen LogP contribution is 2.25. The van der Waals surface area contributed by atoms with Crippen molar-refractivity contribution in [2.24, 2.45) is 0 Å². The molecule has 0 fully saturated rings. The summed E-state index contributed by atoms with van der Waals surface area (Å²) in [6, 6.07) is 6.21. The summed E-state index contributed by atoms with van der Waals surface area (Å²) in [7, 11) is 0. The number of nitriles is 1. The van der Waals surface area contributed by atoms with Gasteiger partial charge in [-0.25, -0.2) is 17.6 Å². The second-order valence-corrected chi connectivity index (χ2v) is 3.68. The molecule has 19 heavy (non-hydrogen) atoms. The van der Waals surface area contributed by atoms with E-state index in [-0.39, 0.29) is 11.3 Å². The molecule has 2 aromatic carbocycles. The summed E-state index contributed by atoms with van der Waals surface area (Å²) >= 11 is 0. The quantitative estimate of drug-likeness (QED) is 0.661. The van der Waals surface area contributed by atoms with Gasteiger partial charge in [0.15, 0.2) is 11.6 Å². The van der Waals surface area contributed by atoms with Gasteiger partial charge in [-0.3, -0.25) is 0 Å². The minimum Gasteiger partial charge on any atom is -0.351 e. The Kier molecular flexibility index (Phi) is 3.38. The Labute approximate surface area is 105 Å². The van der Waals surface area contributed by atoms with Crippen molar-refractivity contribution in [1.29, 1.82) is 5.26 Å². The van der Waals surface area contributed by atoms with Crippen molar-refractivity contribution in [1.82, 2.24) is 0 Å². The zero-order valence-corrected chi connectivity index (χ0v) is 9.35. The maximum atomic E-state index is 13.5. The third-order valence-electron chi connectivity index (χ3n) is 2.36. The van der Waals surface area contributed by atoms with E-state index in [9.17, 15) is 17.6 Å². The van der Waals surface area contributed by atoms with Gasteiger partial charge >= 0.3 is 0 Å². The number of nitrogens with one attached hydrogen (secondary N) is 1. The lowest BCUT2D eigenvalue weighted by molar-refractivity contribution is 0.498. The Balaban J connectivity index is 2.39. The molecule has 1 N–H and O–H groups in total. The minimum atomic E-state index is -1.38. The van der Waals surface area contributed by atoms with Crippen molar-refractivity contribution in [3.63, 3.8) is 0 Å². The van der Waals surface area contributed by atoms with Crippen molar-refractivity contribution < 1.29 is 17.6 Å². The van der Waals surface area contributed by atoms with Crippen LogP contribution < -0.4 is 5.32 Å². The molecule has 0 aromatic heterocycles. The number of halogens is 4. The summed E-state index contributed by atoms with van der Waals surface area (Å²) in [6.45, 7) is 0. The largest absolute Gasteiger partial charge is 0.351 e. The molecule has 0 spiro atoms. The lowest BCUT2D eigenvalue weighted by Crippen LogP contribution is -2.00. The van der Waals surface area contributed by atoms with Crippen molar-refractivity contribution >= 4 is 11.4 Å². The molecule has 0 saturated carbocycles. The highest BCUT2D eigenvalue weighted by molar-refractivity contribution is 5.61. The van der Waals surface area contributed by atoms with E-state index in [2.05, 4.69) is 5.32 Å². The lowest BCUT2D eigenvalue weighted by Gasteiger charge is -2.09. The van der Waals surface area contributed by atoms with Crippen molar-refractivity contribution in [3.05, 3.63) is 59.2 Å². The average molecular weight is 266 g/mol. The van der Waals surface area contributed by atoms with Gasteiger partial charge in [0.1, 0.15) is 11.6 Å². The molecule has 2 rings (SSSR count). The first-order chi connectivity index (χ1) is 9.01. The van der Waals surface area contributed by atoms with E-state index in [0.717, 1.165) is 6.07 Å². The molecule has 2 aromatic rings. The van der Waals surface area contributed by atoms with E-state index in [1.165, 1.54) is 12.1 Å². The number of hydrogen-bond donors (Lipinski definition) is 1. The second kappa shape index (κ2) is 4.98. The molecule has 96 valence electrons. The molecule has 0 heterocycles. The Hall–Kier alpha value is -2.55. The first-order valence-corrected chi connectivity index (χ1v) is 5.12. The van der Waals surface area contributed by atoms with Crippen LogP contribution in [0, 0.1) is 34.6 Å². The minimum absolute atomic E-state index is 0.0777. The van der Waals surface area contributed by atoms with Crippen LogP contribution in [0.4, 0.5) is 28.9 Å². The molecule has 0 aliphatic heterocycles. The molecule has 0 amide bonds. The van der Waals surface area contributed by atoms with Crippen molar-refractivity contribution in [2.45, 2.75) is 0 Å². The average Bonchev–Trinajstić information content (AvgIpc) is 2.37. The predicted octanol–water partition coefficient (Wildman–Crippen LogP) is 3.86. The summed E-state index contributed by atoms with van der Waals surface area (Å²) in [5.74, 6) is -4.51. The summed E-state index contributed by atoms with van der Waals surface area (Å²) in [4.78, 5) is 0. The molecular weight excluding hydrogens is 260 g/mol. The van der Waals surface area contributed by atoms with Gasteiger partial charge in [0.05, 0.1) is 23.0 Å². The third-order valence-corrected chi connectivity index (χ3v) is 2.36.